The molecular weight excluding hydrogens is 434 g/mol. The van der Waals surface area contributed by atoms with Crippen LogP contribution in [0.2, 0.25) is 0 Å². The van der Waals surface area contributed by atoms with Crippen LogP contribution in [0.4, 0.5) is 17.3 Å². The number of carbonyl (C=O) groups is 2. The lowest BCUT2D eigenvalue weighted by Crippen LogP contribution is -2.23. The van der Waals surface area contributed by atoms with Gasteiger partial charge < -0.3 is 20.3 Å². The quantitative estimate of drug-likeness (QED) is 0.266. The van der Waals surface area contributed by atoms with Gasteiger partial charge in [0.15, 0.2) is 0 Å². The number of amides is 2. The van der Waals surface area contributed by atoms with Crippen molar-refractivity contribution in [2.75, 3.05) is 10.6 Å². The summed E-state index contributed by atoms with van der Waals surface area (Å²) in [5.41, 5.74) is 1.29. The molecule has 0 radical (unpaired) electrons. The van der Waals surface area contributed by atoms with Gasteiger partial charge in [0.25, 0.3) is 5.91 Å². The van der Waals surface area contributed by atoms with E-state index < -0.39 is 0 Å². The Balaban J connectivity index is 1.57. The van der Waals surface area contributed by atoms with Crippen LogP contribution in [0.1, 0.15) is 20.8 Å². The number of ether oxygens (including phenoxy) is 1. The van der Waals surface area contributed by atoms with Gasteiger partial charge in [-0.05, 0) is 45.0 Å². The topological polar surface area (TPSA) is 114 Å². The number of pyridine rings is 2. The van der Waals surface area contributed by atoms with Gasteiger partial charge in [0.1, 0.15) is 23.1 Å². The molecule has 0 aromatic carbocycles. The number of hydrogen-bond donors (Lipinski definition) is 2. The van der Waals surface area contributed by atoms with Crippen LogP contribution < -0.4 is 15.4 Å². The maximum absolute atomic E-state index is 12.4. The van der Waals surface area contributed by atoms with Gasteiger partial charge in [-0.3, -0.25) is 14.3 Å². The molecule has 3 aromatic heterocycles. The summed E-state index contributed by atoms with van der Waals surface area (Å²) in [4.78, 5) is 33.4. The molecule has 10 nitrogen and oxygen atoms in total. The van der Waals surface area contributed by atoms with Crippen molar-refractivity contribution in [3.05, 3.63) is 73.0 Å². The molecule has 34 heavy (non-hydrogen) atoms. The first-order chi connectivity index (χ1) is 16.3. The summed E-state index contributed by atoms with van der Waals surface area (Å²) in [6, 6.07) is 6.89. The van der Waals surface area contributed by atoms with E-state index in [1.165, 1.54) is 11.1 Å². The normalized spacial score (nSPS) is 11.5. The minimum atomic E-state index is -0.298. The fourth-order valence-corrected chi connectivity index (χ4v) is 2.73. The first-order valence-corrected chi connectivity index (χ1v) is 10.6. The number of aryl methyl sites for hydroxylation is 1. The molecule has 2 N–H and O–H groups in total. The number of aromatic nitrogens is 4. The Morgan fingerprint density at radius 1 is 1.15 bits per heavy atom. The molecule has 0 aliphatic heterocycles. The average Bonchev–Trinajstić information content (AvgIpc) is 3.22. The van der Waals surface area contributed by atoms with Crippen molar-refractivity contribution < 1.29 is 14.3 Å². The van der Waals surface area contributed by atoms with Crippen molar-refractivity contribution in [3.8, 4) is 11.5 Å². The number of anilines is 3. The van der Waals surface area contributed by atoms with Gasteiger partial charge in [0.2, 0.25) is 6.41 Å². The minimum absolute atomic E-state index is 0.0392. The van der Waals surface area contributed by atoms with Crippen LogP contribution in [-0.2, 0) is 16.6 Å². The van der Waals surface area contributed by atoms with E-state index in [1.807, 2.05) is 27.1 Å². The molecule has 3 rings (SSSR count). The summed E-state index contributed by atoms with van der Waals surface area (Å²) in [6.07, 6.45) is 12.3. The molecule has 0 saturated heterocycles. The van der Waals surface area contributed by atoms with Crippen LogP contribution in [0.3, 0.4) is 0 Å². The Labute approximate surface area is 198 Å². The molecule has 3 aromatic rings. The highest BCUT2D eigenvalue weighted by Crippen LogP contribution is 2.24. The Hall–Kier alpha value is -4.47. The van der Waals surface area contributed by atoms with Crippen molar-refractivity contribution in [2.45, 2.75) is 26.8 Å². The van der Waals surface area contributed by atoms with Crippen molar-refractivity contribution in [1.82, 2.24) is 24.6 Å². The lowest BCUT2D eigenvalue weighted by atomic mass is 10.2. The smallest absolute Gasteiger partial charge is 0.252 e. The molecule has 2 amide bonds. The molecule has 0 aliphatic rings. The highest BCUT2D eigenvalue weighted by Gasteiger charge is 2.07. The number of nitrogens with one attached hydrogen (secondary N) is 2. The molecule has 3 heterocycles. The van der Waals surface area contributed by atoms with Gasteiger partial charge in [0.05, 0.1) is 18.1 Å². The van der Waals surface area contributed by atoms with Gasteiger partial charge in [-0.25, -0.2) is 9.97 Å². The van der Waals surface area contributed by atoms with Gasteiger partial charge in [0, 0.05) is 43.3 Å². The lowest BCUT2D eigenvalue weighted by molar-refractivity contribution is -0.117. The van der Waals surface area contributed by atoms with Crippen molar-refractivity contribution in [2.24, 2.45) is 7.05 Å². The predicted octanol–water partition coefficient (Wildman–Crippen LogP) is 4.01. The zero-order valence-electron chi connectivity index (χ0n) is 19.5. The van der Waals surface area contributed by atoms with Crippen LogP contribution in [0.25, 0.3) is 0 Å². The minimum Gasteiger partial charge on any atom is -0.456 e. The molecule has 176 valence electrons. The lowest BCUT2D eigenvalue weighted by Gasteiger charge is -2.15. The van der Waals surface area contributed by atoms with E-state index in [4.69, 9.17) is 4.74 Å². The fraction of sp³-hybridized carbons (Fsp3) is 0.208. The highest BCUT2D eigenvalue weighted by molar-refractivity contribution is 6.02. The van der Waals surface area contributed by atoms with Crippen molar-refractivity contribution in [3.63, 3.8) is 0 Å². The summed E-state index contributed by atoms with van der Waals surface area (Å²) in [5, 5.41) is 9.99. The summed E-state index contributed by atoms with van der Waals surface area (Å²) < 4.78 is 7.54. The van der Waals surface area contributed by atoms with E-state index in [9.17, 15) is 9.59 Å². The molecule has 0 fully saturated rings. The summed E-state index contributed by atoms with van der Waals surface area (Å²) in [7, 11) is 1.84. The second-order valence-corrected chi connectivity index (χ2v) is 7.68. The maximum Gasteiger partial charge on any atom is 0.252 e. The van der Waals surface area contributed by atoms with E-state index in [1.54, 1.807) is 66.6 Å². The first kappa shape index (κ1) is 24.2. The van der Waals surface area contributed by atoms with Crippen LogP contribution in [0, 0.1) is 0 Å². The number of rotatable bonds is 10. The Bertz CT molecular complexity index is 1180. The largest absolute Gasteiger partial charge is 0.456 e. The molecule has 0 saturated carbocycles. The van der Waals surface area contributed by atoms with Crippen molar-refractivity contribution >= 4 is 29.6 Å². The Morgan fingerprint density at radius 2 is 1.97 bits per heavy atom. The zero-order valence-corrected chi connectivity index (χ0v) is 19.5. The molecular formula is C24H27N7O3. The Kier molecular flexibility index (Phi) is 8.11. The molecule has 10 heteroatoms. The number of nitrogens with zero attached hydrogens (tertiary/aromatic N) is 5. The van der Waals surface area contributed by atoms with E-state index in [0.29, 0.717) is 28.7 Å². The summed E-state index contributed by atoms with van der Waals surface area (Å²) in [6.45, 7) is 5.47. The molecule has 0 atom stereocenters. The van der Waals surface area contributed by atoms with Crippen molar-refractivity contribution in [1.29, 1.82) is 0 Å². The standard InChI is InChI=1S/C24H27N7O3/c1-17(2)31(16-32)11-5-6-18(3)24(33)29-22-8-7-21(14-26-22)34-20-9-10-25-23(12-20)28-19-13-27-30(4)15-19/h5-17H,1-4H3,(H,25,28)(H,26,29,33)/b11-5-,18-6+. The third-order valence-corrected chi connectivity index (χ3v) is 4.60. The number of carbonyl (C=O) groups excluding carboxylic acids is 2. The second kappa shape index (κ2) is 11.4. The zero-order chi connectivity index (χ0) is 24.5. The van der Waals surface area contributed by atoms with Crippen LogP contribution in [-0.4, -0.2) is 43.0 Å². The highest BCUT2D eigenvalue weighted by atomic mass is 16.5. The first-order valence-electron chi connectivity index (χ1n) is 10.6. The molecule has 0 spiro atoms. The average molecular weight is 462 g/mol. The third-order valence-electron chi connectivity index (χ3n) is 4.60. The van der Waals surface area contributed by atoms with Gasteiger partial charge in [-0.2, -0.15) is 5.10 Å². The predicted molar refractivity (Wildman–Crippen MR) is 130 cm³/mol. The van der Waals surface area contributed by atoms with Gasteiger partial charge >= 0.3 is 0 Å². The monoisotopic (exact) mass is 461 g/mol. The van der Waals surface area contributed by atoms with Crippen LogP contribution in [0.15, 0.2) is 73.0 Å². The van der Waals surface area contributed by atoms with Gasteiger partial charge in [-0.15, -0.1) is 0 Å². The number of allylic oxidation sites excluding steroid dienone is 2. The Morgan fingerprint density at radius 3 is 2.62 bits per heavy atom. The van der Waals surface area contributed by atoms with E-state index in [-0.39, 0.29) is 11.9 Å². The SMILES string of the molecule is C/C(=C\C=C/N(C=O)C(C)C)C(=O)Nc1ccc(Oc2ccnc(Nc3cnn(C)c3)c2)cn1. The van der Waals surface area contributed by atoms with E-state index in [0.717, 1.165) is 12.1 Å². The second-order valence-electron chi connectivity index (χ2n) is 7.68. The third kappa shape index (κ3) is 7.02. The summed E-state index contributed by atoms with van der Waals surface area (Å²) >= 11 is 0. The fourth-order valence-electron chi connectivity index (χ4n) is 2.73. The molecule has 0 unspecified atom stereocenters. The summed E-state index contributed by atoms with van der Waals surface area (Å²) in [5.74, 6) is 1.79. The maximum atomic E-state index is 12.4. The van der Waals surface area contributed by atoms with Crippen LogP contribution >= 0.6 is 0 Å². The van der Waals surface area contributed by atoms with E-state index in [2.05, 4.69) is 25.7 Å². The van der Waals surface area contributed by atoms with Gasteiger partial charge in [-0.1, -0.05) is 6.08 Å². The molecule has 0 aliphatic carbocycles. The van der Waals surface area contributed by atoms with Crippen LogP contribution in [0.5, 0.6) is 11.5 Å². The van der Waals surface area contributed by atoms with E-state index >= 15 is 0 Å². The number of hydrogen-bond acceptors (Lipinski definition) is 7. The molecule has 0 bridgehead atoms.